The van der Waals surface area contributed by atoms with E-state index in [-0.39, 0.29) is 36.9 Å². The summed E-state index contributed by atoms with van der Waals surface area (Å²) in [6.07, 6.45) is 0.751. The van der Waals surface area contributed by atoms with Crippen LogP contribution in [0.4, 0.5) is 9.18 Å². The molecule has 0 aliphatic carbocycles. The second-order valence-electron chi connectivity index (χ2n) is 9.01. The lowest BCUT2D eigenvalue weighted by atomic mass is 10.0. The molecule has 180 valence electrons. The molecule has 9 heteroatoms. The molecule has 3 amide bonds. The number of thiophene rings is 1. The van der Waals surface area contributed by atoms with Gasteiger partial charge in [-0.3, -0.25) is 4.79 Å². The molecule has 33 heavy (non-hydrogen) atoms. The SMILES string of the molecule is COCCN(CC(=O)N1CCc2sccc2[C@H]1COc1cccc(F)c1)C(=O)NC(C)(C)C. The summed E-state index contributed by atoms with van der Waals surface area (Å²) >= 11 is 1.66. The van der Waals surface area contributed by atoms with Gasteiger partial charge in [0.25, 0.3) is 0 Å². The van der Waals surface area contributed by atoms with Gasteiger partial charge in [-0.2, -0.15) is 0 Å². The molecule has 2 heterocycles. The van der Waals surface area contributed by atoms with Gasteiger partial charge in [-0.25, -0.2) is 9.18 Å². The van der Waals surface area contributed by atoms with Crippen LogP contribution in [0.15, 0.2) is 35.7 Å². The predicted molar refractivity (Wildman–Crippen MR) is 126 cm³/mol. The number of benzene rings is 1. The van der Waals surface area contributed by atoms with Crippen LogP contribution in [0.25, 0.3) is 0 Å². The van der Waals surface area contributed by atoms with Crippen LogP contribution in [0.5, 0.6) is 5.75 Å². The second kappa shape index (κ2) is 11.0. The summed E-state index contributed by atoms with van der Waals surface area (Å²) in [5, 5.41) is 4.92. The molecule has 7 nitrogen and oxygen atoms in total. The number of fused-ring (bicyclic) bond motifs is 1. The Balaban J connectivity index is 1.75. The van der Waals surface area contributed by atoms with Gasteiger partial charge in [0.1, 0.15) is 24.7 Å². The fourth-order valence-corrected chi connectivity index (χ4v) is 4.64. The number of amides is 3. The molecular formula is C24H32FN3O4S. The largest absolute Gasteiger partial charge is 0.491 e. The van der Waals surface area contributed by atoms with Crippen molar-refractivity contribution in [2.45, 2.75) is 38.8 Å². The Morgan fingerprint density at radius 2 is 2.09 bits per heavy atom. The number of methoxy groups -OCH3 is 1. The fourth-order valence-electron chi connectivity index (χ4n) is 3.71. The van der Waals surface area contributed by atoms with Crippen LogP contribution in [-0.4, -0.2) is 67.2 Å². The third-order valence-electron chi connectivity index (χ3n) is 5.28. The van der Waals surface area contributed by atoms with E-state index in [9.17, 15) is 14.0 Å². The smallest absolute Gasteiger partial charge is 0.318 e. The second-order valence-corrected chi connectivity index (χ2v) is 10.0. The summed E-state index contributed by atoms with van der Waals surface area (Å²) < 4.78 is 24.6. The number of halogens is 1. The zero-order chi connectivity index (χ0) is 24.0. The molecule has 1 aliphatic rings. The van der Waals surface area contributed by atoms with Crippen LogP contribution < -0.4 is 10.1 Å². The molecule has 0 fully saturated rings. The van der Waals surface area contributed by atoms with Gasteiger partial charge in [0, 0.05) is 36.7 Å². The number of ether oxygens (including phenoxy) is 2. The van der Waals surface area contributed by atoms with Crippen molar-refractivity contribution in [1.82, 2.24) is 15.1 Å². The lowest BCUT2D eigenvalue weighted by Crippen LogP contribution is -2.53. The Bertz CT molecular complexity index is 959. The van der Waals surface area contributed by atoms with Crippen molar-refractivity contribution in [2.75, 3.05) is 40.0 Å². The molecule has 1 atom stereocenters. The predicted octanol–water partition coefficient (Wildman–Crippen LogP) is 3.85. The Hall–Kier alpha value is -2.65. The first-order chi connectivity index (χ1) is 15.7. The van der Waals surface area contributed by atoms with E-state index in [4.69, 9.17) is 9.47 Å². The Morgan fingerprint density at radius 1 is 1.30 bits per heavy atom. The van der Waals surface area contributed by atoms with Gasteiger partial charge in [-0.1, -0.05) is 6.07 Å². The molecule has 2 aromatic rings. The van der Waals surface area contributed by atoms with Gasteiger partial charge < -0.3 is 24.6 Å². The number of nitrogens with one attached hydrogen (secondary N) is 1. The summed E-state index contributed by atoms with van der Waals surface area (Å²) in [5.41, 5.74) is 0.613. The molecule has 0 saturated heterocycles. The summed E-state index contributed by atoms with van der Waals surface area (Å²) in [5.74, 6) is -0.130. The van der Waals surface area contributed by atoms with Crippen molar-refractivity contribution in [3.8, 4) is 5.75 Å². The average molecular weight is 478 g/mol. The molecule has 0 spiro atoms. The molecule has 1 N–H and O–H groups in total. The molecule has 1 aliphatic heterocycles. The normalized spacial score (nSPS) is 15.7. The number of carbonyl (C=O) groups is 2. The van der Waals surface area contributed by atoms with E-state index in [0.29, 0.717) is 25.4 Å². The van der Waals surface area contributed by atoms with Gasteiger partial charge in [0.15, 0.2) is 0 Å². The number of rotatable bonds is 8. The van der Waals surface area contributed by atoms with Crippen molar-refractivity contribution < 1.29 is 23.5 Å². The molecule has 0 saturated carbocycles. The summed E-state index contributed by atoms with van der Waals surface area (Å²) in [7, 11) is 1.56. The van der Waals surface area contributed by atoms with Crippen molar-refractivity contribution in [3.05, 3.63) is 52.0 Å². The third-order valence-corrected chi connectivity index (χ3v) is 6.28. The van der Waals surface area contributed by atoms with E-state index in [1.807, 2.05) is 32.2 Å². The summed E-state index contributed by atoms with van der Waals surface area (Å²) in [6, 6.07) is 7.35. The van der Waals surface area contributed by atoms with Crippen LogP contribution in [0.2, 0.25) is 0 Å². The zero-order valence-electron chi connectivity index (χ0n) is 19.6. The number of hydrogen-bond acceptors (Lipinski definition) is 5. The minimum atomic E-state index is -0.427. The number of nitrogens with zero attached hydrogens (tertiary/aromatic N) is 2. The Kier molecular flexibility index (Phi) is 8.31. The highest BCUT2D eigenvalue weighted by molar-refractivity contribution is 7.10. The van der Waals surface area contributed by atoms with Gasteiger partial charge in [-0.15, -0.1) is 11.3 Å². The van der Waals surface area contributed by atoms with Crippen molar-refractivity contribution in [2.24, 2.45) is 0 Å². The maximum Gasteiger partial charge on any atom is 0.318 e. The van der Waals surface area contributed by atoms with E-state index < -0.39 is 5.54 Å². The first kappa shape index (κ1) is 25.0. The van der Waals surface area contributed by atoms with Gasteiger partial charge >= 0.3 is 6.03 Å². The quantitative estimate of drug-likeness (QED) is 0.627. The molecular weight excluding hydrogens is 445 g/mol. The highest BCUT2D eigenvalue weighted by Crippen LogP contribution is 2.34. The minimum absolute atomic E-state index is 0.0682. The highest BCUT2D eigenvalue weighted by Gasteiger charge is 2.34. The number of hydrogen-bond donors (Lipinski definition) is 1. The topological polar surface area (TPSA) is 71.1 Å². The minimum Gasteiger partial charge on any atom is -0.491 e. The van der Waals surface area contributed by atoms with Gasteiger partial charge in [0.2, 0.25) is 5.91 Å². The maximum atomic E-state index is 13.6. The van der Waals surface area contributed by atoms with Crippen molar-refractivity contribution >= 4 is 23.3 Å². The molecule has 1 aromatic heterocycles. The van der Waals surface area contributed by atoms with Crippen LogP contribution in [-0.2, 0) is 16.0 Å². The molecule has 1 aromatic carbocycles. The standard InChI is InChI=1S/C24H32FN3O4S/c1-24(2,3)26-23(30)27(11-12-31-4)15-22(29)28-10-8-21-19(9-13-33-21)20(28)16-32-18-7-5-6-17(25)14-18/h5-7,9,13-14,20H,8,10-12,15-16H2,1-4H3,(H,26,30)/t20-/m1/s1. The van der Waals surface area contributed by atoms with Crippen molar-refractivity contribution in [3.63, 3.8) is 0 Å². The lowest BCUT2D eigenvalue weighted by Gasteiger charge is -2.37. The van der Waals surface area contributed by atoms with E-state index >= 15 is 0 Å². The Morgan fingerprint density at radius 3 is 2.79 bits per heavy atom. The fraction of sp³-hybridized carbons (Fsp3) is 0.500. The van der Waals surface area contributed by atoms with Crippen molar-refractivity contribution in [1.29, 1.82) is 0 Å². The van der Waals surface area contributed by atoms with Crippen LogP contribution in [0.3, 0.4) is 0 Å². The van der Waals surface area contributed by atoms with Gasteiger partial charge in [-0.05, 0) is 56.3 Å². The van der Waals surface area contributed by atoms with E-state index in [1.165, 1.54) is 21.9 Å². The monoisotopic (exact) mass is 477 g/mol. The molecule has 0 bridgehead atoms. The lowest BCUT2D eigenvalue weighted by molar-refractivity contribution is -0.135. The van der Waals surface area contributed by atoms with E-state index in [2.05, 4.69) is 5.32 Å². The molecule has 3 rings (SSSR count). The summed E-state index contributed by atoms with van der Waals surface area (Å²) in [6.45, 7) is 6.96. The Labute approximate surface area is 198 Å². The van der Waals surface area contributed by atoms with E-state index in [0.717, 1.165) is 12.0 Å². The zero-order valence-corrected chi connectivity index (χ0v) is 20.4. The third kappa shape index (κ3) is 6.91. The number of carbonyl (C=O) groups excluding carboxylic acids is 2. The summed E-state index contributed by atoms with van der Waals surface area (Å²) in [4.78, 5) is 30.7. The first-order valence-electron chi connectivity index (χ1n) is 11.0. The maximum absolute atomic E-state index is 13.6. The molecule has 0 unspecified atom stereocenters. The van der Waals surface area contributed by atoms with Crippen LogP contribution >= 0.6 is 11.3 Å². The van der Waals surface area contributed by atoms with Crippen LogP contribution in [0, 0.1) is 5.82 Å². The van der Waals surface area contributed by atoms with Gasteiger partial charge in [0.05, 0.1) is 12.6 Å². The average Bonchev–Trinajstić information content (AvgIpc) is 3.22. The molecule has 0 radical (unpaired) electrons. The highest BCUT2D eigenvalue weighted by atomic mass is 32.1. The van der Waals surface area contributed by atoms with Crippen LogP contribution in [0.1, 0.15) is 37.3 Å². The van der Waals surface area contributed by atoms with E-state index in [1.54, 1.807) is 35.5 Å². The number of urea groups is 1. The first-order valence-corrected chi connectivity index (χ1v) is 11.9.